The van der Waals surface area contributed by atoms with Crippen LogP contribution in [0.25, 0.3) is 6.08 Å². The molecule has 0 saturated carbocycles. The highest BCUT2D eigenvalue weighted by Gasteiger charge is 2.13. The van der Waals surface area contributed by atoms with Gasteiger partial charge in [0.1, 0.15) is 0 Å². The van der Waals surface area contributed by atoms with Crippen molar-refractivity contribution in [2.24, 2.45) is 0 Å². The van der Waals surface area contributed by atoms with E-state index in [1.165, 1.54) is 6.08 Å². The summed E-state index contributed by atoms with van der Waals surface area (Å²) in [4.78, 5) is 24.2. The molecule has 5 nitrogen and oxygen atoms in total. The molecule has 0 aliphatic rings. The fraction of sp³-hybridized carbons (Fsp3) is 0.333. The van der Waals surface area contributed by atoms with Crippen LogP contribution >= 0.6 is 0 Å². The zero-order valence-corrected chi connectivity index (χ0v) is 11.5. The third kappa shape index (κ3) is 4.85. The molecule has 5 heteroatoms. The van der Waals surface area contributed by atoms with Crippen LogP contribution < -0.4 is 0 Å². The third-order valence-corrected chi connectivity index (χ3v) is 2.73. The number of carbonyl (C=O) groups is 2. The summed E-state index contributed by atoms with van der Waals surface area (Å²) in [7, 11) is 0. The minimum Gasteiger partial charge on any atom is -0.478 e. The first-order valence-electron chi connectivity index (χ1n) is 6.49. The normalized spacial score (nSPS) is 10.7. The number of carboxylic acid groups (broad SMARTS) is 1. The molecule has 0 aliphatic carbocycles. The first kappa shape index (κ1) is 15.9. The number of aliphatic hydroxyl groups excluding tert-OH is 1. The summed E-state index contributed by atoms with van der Waals surface area (Å²) < 4.78 is 0. The molecule has 1 amide bonds. The van der Waals surface area contributed by atoms with Crippen molar-refractivity contribution in [3.63, 3.8) is 0 Å². The van der Waals surface area contributed by atoms with Crippen LogP contribution in [-0.2, 0) is 4.79 Å². The first-order valence-corrected chi connectivity index (χ1v) is 6.49. The van der Waals surface area contributed by atoms with Crippen LogP contribution in [0, 0.1) is 0 Å². The highest BCUT2D eigenvalue weighted by atomic mass is 16.4. The second-order valence-electron chi connectivity index (χ2n) is 4.31. The molecule has 1 rings (SSSR count). The molecule has 0 saturated heterocycles. The van der Waals surface area contributed by atoms with Gasteiger partial charge in [0, 0.05) is 24.7 Å². The lowest BCUT2D eigenvalue weighted by Gasteiger charge is -2.21. The fourth-order valence-electron chi connectivity index (χ4n) is 1.79. The average Bonchev–Trinajstić information content (AvgIpc) is 2.44. The van der Waals surface area contributed by atoms with E-state index in [1.807, 2.05) is 6.92 Å². The second-order valence-corrected chi connectivity index (χ2v) is 4.31. The molecule has 0 atom stereocenters. The molecule has 0 radical (unpaired) electrons. The SMILES string of the molecule is CCCN(CCO)C(=O)c1ccc(C=CC(=O)O)cc1. The monoisotopic (exact) mass is 277 g/mol. The van der Waals surface area contributed by atoms with Crippen molar-refractivity contribution in [3.8, 4) is 0 Å². The topological polar surface area (TPSA) is 77.8 Å². The fourth-order valence-corrected chi connectivity index (χ4v) is 1.79. The first-order chi connectivity index (χ1) is 9.58. The number of nitrogens with zero attached hydrogens (tertiary/aromatic N) is 1. The van der Waals surface area contributed by atoms with Crippen molar-refractivity contribution in [3.05, 3.63) is 41.5 Å². The van der Waals surface area contributed by atoms with Crippen LogP contribution in [0.15, 0.2) is 30.3 Å². The number of hydrogen-bond acceptors (Lipinski definition) is 3. The Morgan fingerprint density at radius 2 is 1.85 bits per heavy atom. The number of carbonyl (C=O) groups excluding carboxylic acids is 1. The lowest BCUT2D eigenvalue weighted by atomic mass is 10.1. The number of aliphatic hydroxyl groups is 1. The smallest absolute Gasteiger partial charge is 0.328 e. The van der Waals surface area contributed by atoms with E-state index in [0.717, 1.165) is 12.5 Å². The van der Waals surface area contributed by atoms with E-state index in [-0.39, 0.29) is 12.5 Å². The summed E-state index contributed by atoms with van der Waals surface area (Å²) in [6.45, 7) is 2.82. The van der Waals surface area contributed by atoms with Gasteiger partial charge in [-0.1, -0.05) is 19.1 Å². The van der Waals surface area contributed by atoms with Gasteiger partial charge < -0.3 is 15.1 Å². The van der Waals surface area contributed by atoms with Gasteiger partial charge >= 0.3 is 5.97 Å². The highest BCUT2D eigenvalue weighted by Crippen LogP contribution is 2.09. The molecule has 108 valence electrons. The predicted octanol–water partition coefficient (Wildman–Crippen LogP) is 1.63. The molecule has 0 bridgehead atoms. The lowest BCUT2D eigenvalue weighted by Crippen LogP contribution is -2.34. The molecule has 0 aliphatic heterocycles. The summed E-state index contributed by atoms with van der Waals surface area (Å²) in [6, 6.07) is 6.69. The summed E-state index contributed by atoms with van der Waals surface area (Å²) in [6.07, 6.45) is 3.34. The molecule has 0 aromatic heterocycles. The maximum absolute atomic E-state index is 12.2. The number of amides is 1. The van der Waals surface area contributed by atoms with E-state index in [2.05, 4.69) is 0 Å². The Kier molecular flexibility index (Phi) is 6.46. The summed E-state index contributed by atoms with van der Waals surface area (Å²) >= 11 is 0. The van der Waals surface area contributed by atoms with E-state index in [4.69, 9.17) is 10.2 Å². The molecule has 0 spiro atoms. The Labute approximate surface area is 118 Å². The minimum atomic E-state index is -1.01. The molecule has 0 heterocycles. The van der Waals surface area contributed by atoms with Crippen LogP contribution in [0.1, 0.15) is 29.3 Å². The summed E-state index contributed by atoms with van der Waals surface area (Å²) in [5, 5.41) is 17.5. The van der Waals surface area contributed by atoms with Crippen molar-refractivity contribution in [2.75, 3.05) is 19.7 Å². The maximum atomic E-state index is 12.2. The van der Waals surface area contributed by atoms with E-state index in [9.17, 15) is 9.59 Å². The predicted molar refractivity (Wildman–Crippen MR) is 76.4 cm³/mol. The van der Waals surface area contributed by atoms with Gasteiger partial charge in [-0.2, -0.15) is 0 Å². The molecule has 0 fully saturated rings. The third-order valence-electron chi connectivity index (χ3n) is 2.73. The Hall–Kier alpha value is -2.14. The molecular weight excluding hydrogens is 258 g/mol. The zero-order chi connectivity index (χ0) is 15.0. The second kappa shape index (κ2) is 8.12. The molecule has 2 N–H and O–H groups in total. The van der Waals surface area contributed by atoms with Crippen LogP contribution in [0.2, 0.25) is 0 Å². The van der Waals surface area contributed by atoms with Crippen molar-refractivity contribution in [1.29, 1.82) is 0 Å². The lowest BCUT2D eigenvalue weighted by molar-refractivity contribution is -0.131. The quantitative estimate of drug-likeness (QED) is 0.743. The van der Waals surface area contributed by atoms with Gasteiger partial charge in [0.05, 0.1) is 6.61 Å². The molecular formula is C15H19NO4. The van der Waals surface area contributed by atoms with Gasteiger partial charge in [0.2, 0.25) is 0 Å². The number of aliphatic carboxylic acids is 1. The van der Waals surface area contributed by atoms with Gasteiger partial charge in [-0.3, -0.25) is 4.79 Å². The zero-order valence-electron chi connectivity index (χ0n) is 11.5. The number of benzene rings is 1. The van der Waals surface area contributed by atoms with Gasteiger partial charge in [0.15, 0.2) is 0 Å². The number of rotatable bonds is 7. The van der Waals surface area contributed by atoms with E-state index in [1.54, 1.807) is 29.2 Å². The van der Waals surface area contributed by atoms with E-state index < -0.39 is 5.97 Å². The number of hydrogen-bond donors (Lipinski definition) is 2. The summed E-state index contributed by atoms with van der Waals surface area (Å²) in [5.41, 5.74) is 1.24. The Morgan fingerprint density at radius 3 is 2.35 bits per heavy atom. The molecule has 1 aromatic carbocycles. The largest absolute Gasteiger partial charge is 0.478 e. The van der Waals surface area contributed by atoms with E-state index >= 15 is 0 Å². The summed E-state index contributed by atoms with van der Waals surface area (Å²) in [5.74, 6) is -1.14. The van der Waals surface area contributed by atoms with Crippen molar-refractivity contribution >= 4 is 18.0 Å². The standard InChI is InChI=1S/C15H19NO4/c1-2-9-16(10-11-17)15(20)13-6-3-12(4-7-13)5-8-14(18)19/h3-8,17H,2,9-11H2,1H3,(H,18,19). The van der Waals surface area contributed by atoms with Crippen molar-refractivity contribution in [2.45, 2.75) is 13.3 Å². The van der Waals surface area contributed by atoms with Crippen molar-refractivity contribution < 1.29 is 19.8 Å². The van der Waals surface area contributed by atoms with E-state index in [0.29, 0.717) is 24.2 Å². The molecule has 1 aromatic rings. The molecule has 20 heavy (non-hydrogen) atoms. The van der Waals surface area contributed by atoms with Gasteiger partial charge in [-0.05, 0) is 30.2 Å². The highest BCUT2D eigenvalue weighted by molar-refractivity contribution is 5.94. The van der Waals surface area contributed by atoms with Crippen LogP contribution in [0.3, 0.4) is 0 Å². The minimum absolute atomic E-state index is 0.0643. The van der Waals surface area contributed by atoms with Crippen LogP contribution in [0.4, 0.5) is 0 Å². The maximum Gasteiger partial charge on any atom is 0.328 e. The Morgan fingerprint density at radius 1 is 1.20 bits per heavy atom. The average molecular weight is 277 g/mol. The van der Waals surface area contributed by atoms with Gasteiger partial charge in [0.25, 0.3) is 5.91 Å². The Balaban J connectivity index is 2.80. The van der Waals surface area contributed by atoms with Crippen molar-refractivity contribution in [1.82, 2.24) is 4.90 Å². The van der Waals surface area contributed by atoms with Crippen LogP contribution in [-0.4, -0.2) is 46.7 Å². The Bertz CT molecular complexity index is 473. The molecule has 0 unspecified atom stereocenters. The van der Waals surface area contributed by atoms with Gasteiger partial charge in [-0.15, -0.1) is 0 Å². The van der Waals surface area contributed by atoms with Crippen LogP contribution in [0.5, 0.6) is 0 Å². The number of carboxylic acids is 1. The van der Waals surface area contributed by atoms with Gasteiger partial charge in [-0.25, -0.2) is 4.79 Å².